The van der Waals surface area contributed by atoms with Crippen LogP contribution >= 0.6 is 0 Å². The molecule has 6 heteroatoms. The van der Waals surface area contributed by atoms with E-state index in [0.717, 1.165) is 16.9 Å². The first-order chi connectivity index (χ1) is 12.9. The lowest BCUT2D eigenvalue weighted by Gasteiger charge is -2.38. The summed E-state index contributed by atoms with van der Waals surface area (Å²) in [5.74, 6) is -0.299. The molecular formula is C21H28NO5+. The van der Waals surface area contributed by atoms with Crippen LogP contribution in [-0.4, -0.2) is 47.6 Å². The fraction of sp³-hybridized carbons (Fsp3) is 0.524. The van der Waals surface area contributed by atoms with Crippen LogP contribution in [0.2, 0.25) is 0 Å². The van der Waals surface area contributed by atoms with Crippen LogP contribution in [-0.2, 0) is 16.0 Å². The van der Waals surface area contributed by atoms with E-state index in [-0.39, 0.29) is 5.92 Å². The average Bonchev–Trinajstić information content (AvgIpc) is 2.67. The number of esters is 1. The van der Waals surface area contributed by atoms with Crippen molar-refractivity contribution in [2.75, 3.05) is 13.7 Å². The molecule has 2 rings (SSSR count). The Labute approximate surface area is 160 Å². The molecule has 1 fully saturated rings. The summed E-state index contributed by atoms with van der Waals surface area (Å²) in [6.07, 6.45) is 0.788. The van der Waals surface area contributed by atoms with Crippen LogP contribution in [0.25, 0.3) is 4.85 Å². The fourth-order valence-corrected chi connectivity index (χ4v) is 3.87. The van der Waals surface area contributed by atoms with E-state index in [9.17, 15) is 9.90 Å². The molecule has 1 aromatic carbocycles. The maximum atomic E-state index is 11.7. The average molecular weight is 374 g/mol. The largest absolute Gasteiger partial charge is 0.497 e. The Kier molecular flexibility index (Phi) is 7.00. The van der Waals surface area contributed by atoms with Gasteiger partial charge in [0.1, 0.15) is 18.5 Å². The predicted molar refractivity (Wildman–Crippen MR) is 103 cm³/mol. The number of methoxy groups -OCH3 is 1. The van der Waals surface area contributed by atoms with Crippen LogP contribution in [0.5, 0.6) is 5.75 Å². The number of carbonyl (C=O) groups is 1. The van der Waals surface area contributed by atoms with E-state index in [2.05, 4.69) is 11.4 Å². The van der Waals surface area contributed by atoms with E-state index in [1.807, 2.05) is 31.2 Å². The predicted octanol–water partition coefficient (Wildman–Crippen LogP) is 2.58. The highest BCUT2D eigenvalue weighted by Crippen LogP contribution is 2.43. The normalized spacial score (nSPS) is 24.3. The fourth-order valence-electron chi connectivity index (χ4n) is 3.87. The molecule has 4 atom stereocenters. The zero-order valence-electron chi connectivity index (χ0n) is 15.9. The van der Waals surface area contributed by atoms with Gasteiger partial charge >= 0.3 is 11.5 Å². The highest BCUT2D eigenvalue weighted by Gasteiger charge is 2.56. The van der Waals surface area contributed by atoms with Gasteiger partial charge in [-0.2, -0.15) is 0 Å². The molecule has 1 aliphatic carbocycles. The number of carbonyl (C=O) groups excluding carboxylic acids is 1. The lowest BCUT2D eigenvalue weighted by molar-refractivity contribution is -0.160. The van der Waals surface area contributed by atoms with Gasteiger partial charge in [-0.25, -0.2) is 4.79 Å². The number of aliphatic hydroxyl groups is 2. The summed E-state index contributed by atoms with van der Waals surface area (Å²) in [4.78, 5) is 15.9. The molecule has 0 aliphatic heterocycles. The second kappa shape index (κ2) is 9.03. The first-order valence-corrected chi connectivity index (χ1v) is 9.05. The molecule has 0 amide bonds. The van der Waals surface area contributed by atoms with Gasteiger partial charge in [-0.1, -0.05) is 23.6 Å². The van der Waals surface area contributed by atoms with Crippen LogP contribution in [0.1, 0.15) is 31.7 Å². The molecule has 1 aromatic rings. The second-order valence-electron chi connectivity index (χ2n) is 7.12. The summed E-state index contributed by atoms with van der Waals surface area (Å²) >= 11 is 0. The Morgan fingerprint density at radius 1 is 1.37 bits per heavy atom. The number of rotatable bonds is 7. The molecule has 4 unspecified atom stereocenters. The maximum Gasteiger partial charge on any atom is 0.332 e. The lowest BCUT2D eigenvalue weighted by atomic mass is 9.67. The van der Waals surface area contributed by atoms with Crippen LogP contribution < -0.4 is 4.74 Å². The summed E-state index contributed by atoms with van der Waals surface area (Å²) < 4.78 is 10.7. The van der Waals surface area contributed by atoms with Crippen molar-refractivity contribution >= 4 is 5.97 Å². The minimum atomic E-state index is -0.906. The Bertz CT molecular complexity index is 708. The van der Waals surface area contributed by atoms with Crippen molar-refractivity contribution in [2.45, 2.75) is 50.4 Å². The van der Waals surface area contributed by atoms with Crippen molar-refractivity contribution in [1.82, 2.24) is 0 Å². The first kappa shape index (κ1) is 20.9. The summed E-state index contributed by atoms with van der Waals surface area (Å²) in [5.41, 5.74) is 0.793. The third kappa shape index (κ3) is 4.68. The van der Waals surface area contributed by atoms with Gasteiger partial charge in [0.05, 0.1) is 25.6 Å². The number of ether oxygens (including phenoxy) is 2. The van der Waals surface area contributed by atoms with Gasteiger partial charge in [-0.05, 0) is 43.9 Å². The van der Waals surface area contributed by atoms with Gasteiger partial charge in [-0.15, -0.1) is 0 Å². The number of nitrogens with zero attached hydrogens (tertiary/aromatic N) is 1. The van der Waals surface area contributed by atoms with Crippen molar-refractivity contribution in [3.8, 4) is 12.3 Å². The zero-order chi connectivity index (χ0) is 20.0. The molecule has 0 heterocycles. The van der Waals surface area contributed by atoms with E-state index >= 15 is 0 Å². The highest BCUT2D eigenvalue weighted by molar-refractivity contribution is 5.70. The van der Waals surface area contributed by atoms with Gasteiger partial charge in [0.25, 0.3) is 6.57 Å². The van der Waals surface area contributed by atoms with Crippen LogP contribution in [0.3, 0.4) is 0 Å². The maximum absolute atomic E-state index is 11.7. The van der Waals surface area contributed by atoms with E-state index in [4.69, 9.17) is 21.2 Å². The molecule has 0 radical (unpaired) electrons. The molecule has 1 saturated carbocycles. The molecule has 6 nitrogen and oxygen atoms in total. The Balaban J connectivity index is 2.39. The minimum absolute atomic E-state index is 0.346. The smallest absolute Gasteiger partial charge is 0.332 e. The molecule has 146 valence electrons. The number of hydrogen-bond acceptors (Lipinski definition) is 5. The molecule has 0 bridgehead atoms. The van der Waals surface area contributed by atoms with E-state index in [0.29, 0.717) is 25.7 Å². The molecule has 1 aliphatic rings. The van der Waals surface area contributed by atoms with Gasteiger partial charge in [0.15, 0.2) is 0 Å². The van der Waals surface area contributed by atoms with E-state index < -0.39 is 30.3 Å². The zero-order valence-corrected chi connectivity index (χ0v) is 15.9. The molecule has 0 saturated heterocycles. The molecular weight excluding hydrogens is 346 g/mol. The third-order valence-corrected chi connectivity index (χ3v) is 5.39. The molecule has 2 N–H and O–H groups in total. The molecule has 27 heavy (non-hydrogen) atoms. The monoisotopic (exact) mass is 374 g/mol. The van der Waals surface area contributed by atoms with Gasteiger partial charge in [0, 0.05) is 5.57 Å². The summed E-state index contributed by atoms with van der Waals surface area (Å²) in [6, 6.07) is 7.56. The van der Waals surface area contributed by atoms with Gasteiger partial charge in [-0.3, -0.25) is 0 Å². The summed E-state index contributed by atoms with van der Waals surface area (Å²) in [7, 11) is 1.60. The molecule has 0 spiro atoms. The van der Waals surface area contributed by atoms with Crippen LogP contribution in [0.15, 0.2) is 36.4 Å². The standard InChI is InChI=1S/C21H28NO5/c1-14(2)21(22-3,12-15-5-8-17(26-4)9-6-15)18-11-16(24)7-10-19(18)27-20(25)13-23/h3,5-6,8-9,16,18-19,23-24H,1,7,10-13H2,2,4H3/q+1. The van der Waals surface area contributed by atoms with Crippen molar-refractivity contribution < 1.29 is 24.5 Å². The third-order valence-electron chi connectivity index (χ3n) is 5.39. The summed E-state index contributed by atoms with van der Waals surface area (Å²) in [5, 5.41) is 19.3. The Morgan fingerprint density at radius 2 is 2.04 bits per heavy atom. The van der Waals surface area contributed by atoms with Crippen molar-refractivity contribution in [3.63, 3.8) is 0 Å². The minimum Gasteiger partial charge on any atom is -0.497 e. The van der Waals surface area contributed by atoms with Crippen molar-refractivity contribution in [1.29, 1.82) is 0 Å². The molecule has 0 aromatic heterocycles. The number of hydrogen-bond donors (Lipinski definition) is 2. The van der Waals surface area contributed by atoms with Crippen molar-refractivity contribution in [2.24, 2.45) is 5.92 Å². The quantitative estimate of drug-likeness (QED) is 0.566. The first-order valence-electron chi connectivity index (χ1n) is 9.05. The van der Waals surface area contributed by atoms with Gasteiger partial charge in [0.2, 0.25) is 0 Å². The number of benzene rings is 1. The van der Waals surface area contributed by atoms with E-state index in [1.54, 1.807) is 7.11 Å². The topological polar surface area (TPSA) is 80.3 Å². The second-order valence-corrected chi connectivity index (χ2v) is 7.12. The van der Waals surface area contributed by atoms with Crippen LogP contribution in [0, 0.1) is 12.5 Å². The Morgan fingerprint density at radius 3 is 2.56 bits per heavy atom. The number of aliphatic hydroxyl groups excluding tert-OH is 2. The highest BCUT2D eigenvalue weighted by atomic mass is 16.6. The van der Waals surface area contributed by atoms with Crippen LogP contribution in [0.4, 0.5) is 0 Å². The van der Waals surface area contributed by atoms with E-state index in [1.165, 1.54) is 0 Å². The Hall–Kier alpha value is -2.36. The summed E-state index contributed by atoms with van der Waals surface area (Å²) in [6.45, 7) is 11.1. The lowest BCUT2D eigenvalue weighted by Crippen LogP contribution is -2.50. The SMILES string of the molecule is C#[N+]C(Cc1ccc(OC)cc1)(C(=C)C)C1CC(O)CCC1OC(=O)CO. The van der Waals surface area contributed by atoms with Crippen molar-refractivity contribution in [3.05, 3.63) is 46.8 Å². The van der Waals surface area contributed by atoms with Gasteiger partial charge < -0.3 is 19.7 Å².